The van der Waals surface area contributed by atoms with E-state index in [4.69, 9.17) is 33.0 Å². The molecule has 1 N–H and O–H groups in total. The van der Waals surface area contributed by atoms with E-state index in [2.05, 4.69) is 0 Å². The molecule has 0 fully saturated rings. The third kappa shape index (κ3) is 5.18. The maximum absolute atomic E-state index is 12.4. The van der Waals surface area contributed by atoms with E-state index in [0.29, 0.717) is 11.3 Å². The van der Waals surface area contributed by atoms with Gasteiger partial charge in [0.15, 0.2) is 6.61 Å². The van der Waals surface area contributed by atoms with Crippen molar-refractivity contribution >= 4 is 35.1 Å². The zero-order chi connectivity index (χ0) is 21.0. The van der Waals surface area contributed by atoms with Crippen molar-refractivity contribution in [3.8, 4) is 16.9 Å². The number of hydrogen-bond donors (Lipinski definition) is 1. The minimum atomic E-state index is -1.10. The monoisotopic (exact) mass is 423 g/mol. The van der Waals surface area contributed by atoms with Crippen molar-refractivity contribution in [1.29, 1.82) is 0 Å². The van der Waals surface area contributed by atoms with Crippen molar-refractivity contribution in [2.75, 3.05) is 6.61 Å². The summed E-state index contributed by atoms with van der Waals surface area (Å²) in [6.45, 7) is 7.82. The van der Waals surface area contributed by atoms with Crippen LogP contribution in [-0.4, -0.2) is 40.6 Å². The lowest BCUT2D eigenvalue weighted by Gasteiger charge is -2.30. The van der Waals surface area contributed by atoms with Crippen molar-refractivity contribution in [2.45, 2.75) is 39.8 Å². The molecule has 7 heteroatoms. The maximum atomic E-state index is 12.4. The number of hydrogen-bond acceptors (Lipinski definition) is 3. The van der Waals surface area contributed by atoms with Crippen LogP contribution in [0.5, 0.6) is 5.75 Å². The lowest BCUT2D eigenvalue weighted by Crippen LogP contribution is -2.44. The molecule has 0 atom stereocenters. The molecule has 0 unspecified atom stereocenters. The van der Waals surface area contributed by atoms with Crippen LogP contribution in [0.25, 0.3) is 11.1 Å². The third-order valence-electron chi connectivity index (χ3n) is 4.20. The van der Waals surface area contributed by atoms with Gasteiger partial charge in [-0.3, -0.25) is 4.79 Å². The fraction of sp³-hybridized carbons (Fsp3) is 0.333. The first-order chi connectivity index (χ1) is 13.1. The Morgan fingerprint density at radius 3 is 1.93 bits per heavy atom. The fourth-order valence-electron chi connectivity index (χ4n) is 3.08. The van der Waals surface area contributed by atoms with Gasteiger partial charge in [-0.1, -0.05) is 35.3 Å². The van der Waals surface area contributed by atoms with Crippen molar-refractivity contribution in [1.82, 2.24) is 4.90 Å². The number of rotatable bonds is 7. The van der Waals surface area contributed by atoms with Gasteiger partial charge in [-0.2, -0.15) is 0 Å². The van der Waals surface area contributed by atoms with E-state index in [1.807, 2.05) is 27.7 Å². The Morgan fingerprint density at radius 2 is 1.50 bits per heavy atom. The molecule has 150 valence electrons. The molecule has 0 saturated heterocycles. The van der Waals surface area contributed by atoms with Crippen LogP contribution in [0.15, 0.2) is 36.4 Å². The van der Waals surface area contributed by atoms with Crippen molar-refractivity contribution < 1.29 is 19.4 Å². The van der Waals surface area contributed by atoms with Gasteiger partial charge >= 0.3 is 5.97 Å². The normalized spacial score (nSPS) is 11.0. The van der Waals surface area contributed by atoms with Crippen LogP contribution in [-0.2, 0) is 4.79 Å². The molecule has 2 aromatic carbocycles. The van der Waals surface area contributed by atoms with Gasteiger partial charge in [0.2, 0.25) is 0 Å². The predicted octanol–water partition coefficient (Wildman–Crippen LogP) is 5.38. The molecular weight excluding hydrogens is 401 g/mol. The molecule has 0 bridgehead atoms. The topological polar surface area (TPSA) is 66.8 Å². The van der Waals surface area contributed by atoms with Gasteiger partial charge in [-0.25, -0.2) is 4.79 Å². The second-order valence-corrected chi connectivity index (χ2v) is 7.74. The van der Waals surface area contributed by atoms with Gasteiger partial charge in [0.05, 0.1) is 15.6 Å². The largest absolute Gasteiger partial charge is 0.484 e. The number of benzene rings is 2. The molecule has 0 aliphatic rings. The highest BCUT2D eigenvalue weighted by Crippen LogP contribution is 2.36. The summed E-state index contributed by atoms with van der Waals surface area (Å²) in [4.78, 5) is 25.2. The Kier molecular flexibility index (Phi) is 7.33. The standard InChI is InChI=1S/C21H23Cl2NO4/c1-12(2)24(13(3)4)19(25)11-28-16-7-5-14(6-8-16)20-17(22)9-15(21(26)27)10-18(20)23/h5-10,12-13H,11H2,1-4H3,(H,26,27). The number of carboxylic acids is 1. The van der Waals surface area contributed by atoms with E-state index >= 15 is 0 Å². The van der Waals surface area contributed by atoms with E-state index < -0.39 is 5.97 Å². The summed E-state index contributed by atoms with van der Waals surface area (Å²) in [6.07, 6.45) is 0. The number of carbonyl (C=O) groups is 2. The van der Waals surface area contributed by atoms with E-state index in [-0.39, 0.29) is 40.2 Å². The van der Waals surface area contributed by atoms with Crippen molar-refractivity contribution in [2.24, 2.45) is 0 Å². The smallest absolute Gasteiger partial charge is 0.335 e. The lowest BCUT2D eigenvalue weighted by molar-refractivity contribution is -0.136. The first-order valence-corrected chi connectivity index (χ1v) is 9.64. The fourth-order valence-corrected chi connectivity index (χ4v) is 3.79. The molecule has 0 radical (unpaired) electrons. The number of carbonyl (C=O) groups excluding carboxylic acids is 1. The first-order valence-electron chi connectivity index (χ1n) is 8.88. The number of aromatic carboxylic acids is 1. The number of nitrogens with zero attached hydrogens (tertiary/aromatic N) is 1. The SMILES string of the molecule is CC(C)N(C(=O)COc1ccc(-c2c(Cl)cc(C(=O)O)cc2Cl)cc1)C(C)C. The molecule has 2 aromatic rings. The van der Waals surface area contributed by atoms with Gasteiger partial charge in [-0.05, 0) is 57.5 Å². The van der Waals surface area contributed by atoms with Crippen LogP contribution in [0.3, 0.4) is 0 Å². The lowest BCUT2D eigenvalue weighted by atomic mass is 10.0. The summed E-state index contributed by atoms with van der Waals surface area (Å²) in [5.41, 5.74) is 1.29. The molecule has 28 heavy (non-hydrogen) atoms. The van der Waals surface area contributed by atoms with E-state index in [1.165, 1.54) is 12.1 Å². The van der Waals surface area contributed by atoms with Gasteiger partial charge < -0.3 is 14.7 Å². The van der Waals surface area contributed by atoms with Crippen LogP contribution >= 0.6 is 23.2 Å². The Morgan fingerprint density at radius 1 is 1.00 bits per heavy atom. The minimum Gasteiger partial charge on any atom is -0.484 e. The number of halogens is 2. The molecule has 5 nitrogen and oxygen atoms in total. The molecule has 1 amide bonds. The summed E-state index contributed by atoms with van der Waals surface area (Å²) in [6, 6.07) is 9.87. The summed E-state index contributed by atoms with van der Waals surface area (Å²) < 4.78 is 5.62. The molecule has 0 heterocycles. The quantitative estimate of drug-likeness (QED) is 0.648. The second-order valence-electron chi connectivity index (χ2n) is 6.92. The van der Waals surface area contributed by atoms with Crippen molar-refractivity contribution in [3.63, 3.8) is 0 Å². The Labute approximate surface area is 174 Å². The third-order valence-corrected chi connectivity index (χ3v) is 4.79. The summed E-state index contributed by atoms with van der Waals surface area (Å²) in [5.74, 6) is -0.635. The van der Waals surface area contributed by atoms with Crippen LogP contribution in [0, 0.1) is 0 Å². The number of ether oxygens (including phenoxy) is 1. The maximum Gasteiger partial charge on any atom is 0.335 e. The van der Waals surface area contributed by atoms with Crippen molar-refractivity contribution in [3.05, 3.63) is 52.0 Å². The highest BCUT2D eigenvalue weighted by atomic mass is 35.5. The van der Waals surface area contributed by atoms with E-state index in [9.17, 15) is 9.59 Å². The molecule has 0 saturated carbocycles. The van der Waals surface area contributed by atoms with Crippen LogP contribution in [0.1, 0.15) is 38.1 Å². The highest BCUT2D eigenvalue weighted by molar-refractivity contribution is 6.39. The minimum absolute atomic E-state index is 0.0251. The molecule has 0 aliphatic heterocycles. The molecule has 0 aromatic heterocycles. The molecule has 0 spiro atoms. The van der Waals surface area contributed by atoms with Gasteiger partial charge in [0.1, 0.15) is 5.75 Å². The first kappa shape index (κ1) is 22.1. The van der Waals surface area contributed by atoms with Crippen LogP contribution in [0.4, 0.5) is 0 Å². The summed E-state index contributed by atoms with van der Waals surface area (Å²) in [7, 11) is 0. The Bertz CT molecular complexity index is 832. The zero-order valence-corrected chi connectivity index (χ0v) is 17.7. The van der Waals surface area contributed by atoms with Gasteiger partial charge in [0.25, 0.3) is 5.91 Å². The summed E-state index contributed by atoms with van der Waals surface area (Å²) >= 11 is 12.4. The number of carboxylic acid groups (broad SMARTS) is 1. The van der Waals surface area contributed by atoms with Crippen LogP contribution in [0.2, 0.25) is 10.0 Å². The molecule has 2 rings (SSSR count). The average Bonchev–Trinajstić information content (AvgIpc) is 2.59. The zero-order valence-electron chi connectivity index (χ0n) is 16.2. The van der Waals surface area contributed by atoms with E-state index in [0.717, 1.165) is 5.56 Å². The summed E-state index contributed by atoms with van der Waals surface area (Å²) in [5, 5.41) is 9.57. The highest BCUT2D eigenvalue weighted by Gasteiger charge is 2.20. The number of amides is 1. The van der Waals surface area contributed by atoms with Gasteiger partial charge in [0, 0.05) is 17.6 Å². The predicted molar refractivity (Wildman–Crippen MR) is 111 cm³/mol. The molecular formula is C21H23Cl2NO4. The second kappa shape index (κ2) is 9.30. The Hall–Kier alpha value is -2.24. The van der Waals surface area contributed by atoms with Crippen LogP contribution < -0.4 is 4.74 Å². The van der Waals surface area contributed by atoms with Gasteiger partial charge in [-0.15, -0.1) is 0 Å². The van der Waals surface area contributed by atoms with E-state index in [1.54, 1.807) is 29.2 Å². The average molecular weight is 424 g/mol. The molecule has 0 aliphatic carbocycles. The Balaban J connectivity index is 2.14.